The van der Waals surface area contributed by atoms with Crippen LogP contribution in [0.5, 0.6) is 5.88 Å². The van der Waals surface area contributed by atoms with Gasteiger partial charge in [-0.25, -0.2) is 4.98 Å². The van der Waals surface area contributed by atoms with E-state index in [1.54, 1.807) is 12.1 Å². The lowest BCUT2D eigenvalue weighted by Crippen LogP contribution is -2.37. The van der Waals surface area contributed by atoms with E-state index in [1.807, 2.05) is 0 Å². The highest BCUT2D eigenvalue weighted by Crippen LogP contribution is 2.10. The van der Waals surface area contributed by atoms with E-state index in [1.165, 1.54) is 18.2 Å². The van der Waals surface area contributed by atoms with E-state index in [-0.39, 0.29) is 18.4 Å². The maximum atomic E-state index is 12.2. The van der Waals surface area contributed by atoms with Crippen LogP contribution >= 0.6 is 0 Å². The normalized spacial score (nSPS) is 15.8. The zero-order chi connectivity index (χ0) is 13.0. The lowest BCUT2D eigenvalue weighted by Gasteiger charge is -2.18. The van der Waals surface area contributed by atoms with Crippen LogP contribution in [0, 0.1) is 0 Å². The first-order valence-electron chi connectivity index (χ1n) is 5.76. The van der Waals surface area contributed by atoms with E-state index in [2.05, 4.69) is 10.3 Å². The Labute approximate surface area is 105 Å². The molecule has 1 saturated heterocycles. The standard InChI is InChI=1S/C12H15N3O3/c1-18-11-4-3-9(7-14-11)12(17)15-6-2-5-13-10(16)8-15/h3-4,7H,2,5-6,8H2,1H3,(H,13,16). The second-order valence-electron chi connectivity index (χ2n) is 4.02. The minimum atomic E-state index is -0.179. The average molecular weight is 249 g/mol. The van der Waals surface area contributed by atoms with E-state index in [4.69, 9.17) is 4.74 Å². The molecule has 1 aliphatic heterocycles. The number of rotatable bonds is 2. The fourth-order valence-electron chi connectivity index (χ4n) is 1.79. The molecule has 6 nitrogen and oxygen atoms in total. The minimum absolute atomic E-state index is 0.102. The average Bonchev–Trinajstić information content (AvgIpc) is 2.63. The zero-order valence-electron chi connectivity index (χ0n) is 10.2. The first-order valence-corrected chi connectivity index (χ1v) is 5.76. The number of pyridine rings is 1. The van der Waals surface area contributed by atoms with Gasteiger partial charge in [-0.2, -0.15) is 0 Å². The van der Waals surface area contributed by atoms with Crippen LogP contribution in [0.25, 0.3) is 0 Å². The molecule has 2 heterocycles. The van der Waals surface area contributed by atoms with Crippen LogP contribution < -0.4 is 10.1 Å². The summed E-state index contributed by atoms with van der Waals surface area (Å²) in [6.07, 6.45) is 2.23. The molecule has 1 aromatic heterocycles. The van der Waals surface area contributed by atoms with Crippen molar-refractivity contribution in [2.75, 3.05) is 26.7 Å². The van der Waals surface area contributed by atoms with Crippen molar-refractivity contribution in [2.24, 2.45) is 0 Å². The number of amides is 2. The van der Waals surface area contributed by atoms with Crippen LogP contribution in [0.1, 0.15) is 16.8 Å². The highest BCUT2D eigenvalue weighted by molar-refractivity contribution is 5.96. The van der Waals surface area contributed by atoms with E-state index < -0.39 is 0 Å². The van der Waals surface area contributed by atoms with Crippen molar-refractivity contribution >= 4 is 11.8 Å². The fraction of sp³-hybridized carbons (Fsp3) is 0.417. The summed E-state index contributed by atoms with van der Waals surface area (Å²) in [7, 11) is 1.52. The maximum Gasteiger partial charge on any atom is 0.255 e. The summed E-state index contributed by atoms with van der Waals surface area (Å²) in [5.74, 6) is 0.157. The number of ether oxygens (including phenoxy) is 1. The van der Waals surface area contributed by atoms with Gasteiger partial charge in [-0.15, -0.1) is 0 Å². The number of carbonyl (C=O) groups excluding carboxylic acids is 2. The summed E-state index contributed by atoms with van der Waals surface area (Å²) in [5.41, 5.74) is 0.463. The molecule has 0 aromatic carbocycles. The van der Waals surface area contributed by atoms with Gasteiger partial charge in [-0.3, -0.25) is 9.59 Å². The molecular weight excluding hydrogens is 234 g/mol. The lowest BCUT2D eigenvalue weighted by atomic mass is 10.2. The third-order valence-electron chi connectivity index (χ3n) is 2.74. The van der Waals surface area contributed by atoms with Gasteiger partial charge in [-0.1, -0.05) is 0 Å². The van der Waals surface area contributed by atoms with Crippen LogP contribution in [-0.4, -0.2) is 48.4 Å². The topological polar surface area (TPSA) is 71.5 Å². The Hall–Kier alpha value is -2.11. The van der Waals surface area contributed by atoms with Gasteiger partial charge in [0.25, 0.3) is 5.91 Å². The van der Waals surface area contributed by atoms with Crippen molar-refractivity contribution in [2.45, 2.75) is 6.42 Å². The molecule has 18 heavy (non-hydrogen) atoms. The summed E-state index contributed by atoms with van der Waals surface area (Å²) >= 11 is 0. The maximum absolute atomic E-state index is 12.2. The quantitative estimate of drug-likeness (QED) is 0.804. The summed E-state index contributed by atoms with van der Waals surface area (Å²) in [6, 6.07) is 3.28. The van der Waals surface area contributed by atoms with Crippen LogP contribution in [-0.2, 0) is 4.79 Å². The predicted octanol–water partition coefficient (Wildman–Crippen LogP) is 0.0523. The van der Waals surface area contributed by atoms with Gasteiger partial charge < -0.3 is 15.0 Å². The van der Waals surface area contributed by atoms with E-state index in [0.717, 1.165) is 6.42 Å². The van der Waals surface area contributed by atoms with Crippen molar-refractivity contribution in [1.29, 1.82) is 0 Å². The number of nitrogens with one attached hydrogen (secondary N) is 1. The number of hydrogen-bond acceptors (Lipinski definition) is 4. The molecule has 2 amide bonds. The second-order valence-corrected chi connectivity index (χ2v) is 4.02. The number of nitrogens with zero attached hydrogens (tertiary/aromatic N) is 2. The summed E-state index contributed by atoms with van der Waals surface area (Å²) in [4.78, 5) is 29.1. The third kappa shape index (κ3) is 2.77. The Bertz CT molecular complexity index is 444. The Morgan fingerprint density at radius 3 is 3.00 bits per heavy atom. The number of carbonyl (C=O) groups is 2. The molecular formula is C12H15N3O3. The first-order chi connectivity index (χ1) is 8.70. The number of methoxy groups -OCH3 is 1. The van der Waals surface area contributed by atoms with Crippen molar-refractivity contribution in [3.8, 4) is 5.88 Å². The van der Waals surface area contributed by atoms with Gasteiger partial charge in [0.05, 0.1) is 19.2 Å². The van der Waals surface area contributed by atoms with Crippen molar-refractivity contribution in [3.05, 3.63) is 23.9 Å². The molecule has 0 atom stereocenters. The fourth-order valence-corrected chi connectivity index (χ4v) is 1.79. The molecule has 1 fully saturated rings. The first kappa shape index (κ1) is 12.3. The smallest absolute Gasteiger partial charge is 0.255 e. The summed E-state index contributed by atoms with van der Waals surface area (Å²) < 4.78 is 4.93. The molecule has 1 N–H and O–H groups in total. The Kier molecular flexibility index (Phi) is 3.76. The Morgan fingerprint density at radius 1 is 1.50 bits per heavy atom. The Balaban J connectivity index is 2.11. The van der Waals surface area contributed by atoms with Gasteiger partial charge in [0.2, 0.25) is 11.8 Å². The van der Waals surface area contributed by atoms with Crippen molar-refractivity contribution in [1.82, 2.24) is 15.2 Å². The highest BCUT2D eigenvalue weighted by Gasteiger charge is 2.21. The molecule has 2 rings (SSSR count). The van der Waals surface area contributed by atoms with E-state index >= 15 is 0 Å². The third-order valence-corrected chi connectivity index (χ3v) is 2.74. The summed E-state index contributed by atoms with van der Waals surface area (Å²) in [6.45, 7) is 1.29. The molecule has 0 aliphatic carbocycles. The van der Waals surface area contributed by atoms with Crippen LogP contribution in [0.2, 0.25) is 0 Å². The molecule has 96 valence electrons. The molecule has 1 aliphatic rings. The van der Waals surface area contributed by atoms with Crippen LogP contribution in [0.4, 0.5) is 0 Å². The SMILES string of the molecule is COc1ccc(C(=O)N2CCCNC(=O)C2)cn1. The van der Waals surface area contributed by atoms with E-state index in [9.17, 15) is 9.59 Å². The van der Waals surface area contributed by atoms with Crippen molar-refractivity contribution < 1.29 is 14.3 Å². The van der Waals surface area contributed by atoms with Gasteiger partial charge in [-0.05, 0) is 12.5 Å². The number of aromatic nitrogens is 1. The van der Waals surface area contributed by atoms with Crippen LogP contribution in [0.15, 0.2) is 18.3 Å². The number of hydrogen-bond donors (Lipinski definition) is 1. The predicted molar refractivity (Wildman–Crippen MR) is 64.3 cm³/mol. The monoisotopic (exact) mass is 249 g/mol. The van der Waals surface area contributed by atoms with Gasteiger partial charge in [0, 0.05) is 25.4 Å². The van der Waals surface area contributed by atoms with Gasteiger partial charge >= 0.3 is 0 Å². The highest BCUT2D eigenvalue weighted by atomic mass is 16.5. The largest absolute Gasteiger partial charge is 0.481 e. The van der Waals surface area contributed by atoms with Crippen molar-refractivity contribution in [3.63, 3.8) is 0 Å². The molecule has 1 aromatic rings. The zero-order valence-corrected chi connectivity index (χ0v) is 10.2. The second kappa shape index (κ2) is 5.48. The van der Waals surface area contributed by atoms with Crippen LogP contribution in [0.3, 0.4) is 0 Å². The molecule has 0 radical (unpaired) electrons. The molecule has 0 spiro atoms. The molecule has 0 bridgehead atoms. The minimum Gasteiger partial charge on any atom is -0.481 e. The lowest BCUT2D eigenvalue weighted by molar-refractivity contribution is -0.121. The molecule has 0 unspecified atom stereocenters. The molecule has 6 heteroatoms. The van der Waals surface area contributed by atoms with E-state index in [0.29, 0.717) is 24.5 Å². The van der Waals surface area contributed by atoms with Gasteiger partial charge in [0.1, 0.15) is 0 Å². The molecule has 0 saturated carbocycles. The Morgan fingerprint density at radius 2 is 2.33 bits per heavy atom. The summed E-state index contributed by atoms with van der Waals surface area (Å²) in [5, 5.41) is 2.73. The van der Waals surface area contributed by atoms with Gasteiger partial charge in [0.15, 0.2) is 0 Å².